The number of nitrogens with zero attached hydrogens (tertiary/aromatic N) is 1. The Balaban J connectivity index is 0.00000144. The van der Waals surface area contributed by atoms with Crippen molar-refractivity contribution in [1.82, 2.24) is 10.2 Å². The van der Waals surface area contributed by atoms with E-state index in [1.165, 1.54) is 19.3 Å². The molecule has 1 aliphatic carbocycles. The van der Waals surface area contributed by atoms with Crippen molar-refractivity contribution in [3.05, 3.63) is 0 Å². The van der Waals surface area contributed by atoms with Crippen LogP contribution in [0, 0.1) is 17.8 Å². The van der Waals surface area contributed by atoms with E-state index in [0.29, 0.717) is 24.3 Å². The SMILES string of the molecule is CC1CC(C)CN(C(=O)CNCC2CC2)C1.Cl. The van der Waals surface area contributed by atoms with Crippen LogP contribution < -0.4 is 5.32 Å². The van der Waals surface area contributed by atoms with Gasteiger partial charge < -0.3 is 10.2 Å². The first-order valence-corrected chi connectivity index (χ1v) is 6.63. The molecule has 2 unspecified atom stereocenters. The van der Waals surface area contributed by atoms with E-state index < -0.39 is 0 Å². The zero-order chi connectivity index (χ0) is 11.5. The van der Waals surface area contributed by atoms with E-state index >= 15 is 0 Å². The monoisotopic (exact) mass is 260 g/mol. The van der Waals surface area contributed by atoms with Crippen molar-refractivity contribution in [1.29, 1.82) is 0 Å². The van der Waals surface area contributed by atoms with Crippen LogP contribution in [0.1, 0.15) is 33.1 Å². The third kappa shape index (κ3) is 4.84. The Kier molecular flexibility index (Phi) is 5.74. The fourth-order valence-electron chi connectivity index (χ4n) is 2.68. The molecule has 2 aliphatic rings. The molecule has 1 amide bonds. The third-order valence-electron chi connectivity index (χ3n) is 3.63. The van der Waals surface area contributed by atoms with Gasteiger partial charge in [-0.25, -0.2) is 0 Å². The highest BCUT2D eigenvalue weighted by Gasteiger charge is 2.25. The molecule has 0 aromatic rings. The maximum absolute atomic E-state index is 12.0. The van der Waals surface area contributed by atoms with Crippen LogP contribution in [0.25, 0.3) is 0 Å². The Hall–Kier alpha value is -0.280. The number of carbonyl (C=O) groups is 1. The van der Waals surface area contributed by atoms with Gasteiger partial charge in [-0.3, -0.25) is 4.79 Å². The largest absolute Gasteiger partial charge is 0.341 e. The number of halogens is 1. The first kappa shape index (κ1) is 14.8. The summed E-state index contributed by atoms with van der Waals surface area (Å²) in [4.78, 5) is 14.0. The van der Waals surface area contributed by atoms with Crippen LogP contribution in [0.3, 0.4) is 0 Å². The molecular weight excluding hydrogens is 236 g/mol. The third-order valence-corrected chi connectivity index (χ3v) is 3.63. The summed E-state index contributed by atoms with van der Waals surface area (Å²) in [7, 11) is 0. The van der Waals surface area contributed by atoms with E-state index in [0.717, 1.165) is 25.6 Å². The Morgan fingerprint density at radius 1 is 1.24 bits per heavy atom. The summed E-state index contributed by atoms with van der Waals surface area (Å²) in [6.45, 7) is 7.96. The summed E-state index contributed by atoms with van der Waals surface area (Å²) in [5, 5.41) is 3.28. The van der Waals surface area contributed by atoms with E-state index in [1.54, 1.807) is 0 Å². The average molecular weight is 261 g/mol. The summed E-state index contributed by atoms with van der Waals surface area (Å²) >= 11 is 0. The minimum atomic E-state index is 0. The Labute approximate surface area is 111 Å². The number of rotatable bonds is 4. The van der Waals surface area contributed by atoms with Crippen LogP contribution >= 0.6 is 12.4 Å². The molecule has 2 rings (SSSR count). The predicted octanol–water partition coefficient (Wildman–Crippen LogP) is 1.91. The number of hydrogen-bond donors (Lipinski definition) is 1. The second kappa shape index (κ2) is 6.60. The molecule has 1 saturated carbocycles. The first-order valence-electron chi connectivity index (χ1n) is 6.63. The fraction of sp³-hybridized carbons (Fsp3) is 0.923. The topological polar surface area (TPSA) is 32.3 Å². The van der Waals surface area contributed by atoms with Crippen LogP contribution in [0.2, 0.25) is 0 Å². The lowest BCUT2D eigenvalue weighted by molar-refractivity contribution is -0.132. The van der Waals surface area contributed by atoms with E-state index in [1.807, 2.05) is 4.90 Å². The highest BCUT2D eigenvalue weighted by molar-refractivity contribution is 5.85. The molecule has 17 heavy (non-hydrogen) atoms. The Bertz CT molecular complexity index is 246. The highest BCUT2D eigenvalue weighted by Crippen LogP contribution is 2.27. The van der Waals surface area contributed by atoms with Crippen LogP contribution in [0.4, 0.5) is 0 Å². The highest BCUT2D eigenvalue weighted by atomic mass is 35.5. The molecule has 3 nitrogen and oxygen atoms in total. The van der Waals surface area contributed by atoms with Gasteiger partial charge in [-0.05, 0) is 43.6 Å². The molecule has 2 fully saturated rings. The van der Waals surface area contributed by atoms with Crippen molar-refractivity contribution in [3.8, 4) is 0 Å². The van der Waals surface area contributed by atoms with Crippen molar-refractivity contribution in [3.63, 3.8) is 0 Å². The van der Waals surface area contributed by atoms with E-state index in [4.69, 9.17) is 0 Å². The maximum Gasteiger partial charge on any atom is 0.236 e. The molecule has 0 aromatic heterocycles. The standard InChI is InChI=1S/C13H24N2O.ClH/c1-10-5-11(2)9-15(8-10)13(16)7-14-6-12-3-4-12;/h10-12,14H,3-9H2,1-2H3;1H. The molecular formula is C13H25ClN2O. The Morgan fingerprint density at radius 2 is 1.82 bits per heavy atom. The minimum absolute atomic E-state index is 0. The van der Waals surface area contributed by atoms with Crippen molar-refractivity contribution in [2.24, 2.45) is 17.8 Å². The lowest BCUT2D eigenvalue weighted by Crippen LogP contribution is -2.46. The minimum Gasteiger partial charge on any atom is -0.341 e. The summed E-state index contributed by atoms with van der Waals surface area (Å²) in [5.41, 5.74) is 0. The number of nitrogens with one attached hydrogen (secondary N) is 1. The summed E-state index contributed by atoms with van der Waals surface area (Å²) < 4.78 is 0. The van der Waals surface area contributed by atoms with Crippen molar-refractivity contribution >= 4 is 18.3 Å². The van der Waals surface area contributed by atoms with E-state index in [9.17, 15) is 4.79 Å². The van der Waals surface area contributed by atoms with Gasteiger partial charge in [-0.2, -0.15) is 0 Å². The molecule has 1 N–H and O–H groups in total. The first-order chi connectivity index (χ1) is 7.65. The van der Waals surface area contributed by atoms with E-state index in [2.05, 4.69) is 19.2 Å². The van der Waals surface area contributed by atoms with E-state index in [-0.39, 0.29) is 12.4 Å². The van der Waals surface area contributed by atoms with Gasteiger partial charge >= 0.3 is 0 Å². The second-order valence-electron chi connectivity index (χ2n) is 5.82. The molecule has 0 aromatic carbocycles. The molecule has 1 heterocycles. The second-order valence-corrected chi connectivity index (χ2v) is 5.82. The fourth-order valence-corrected chi connectivity index (χ4v) is 2.68. The normalized spacial score (nSPS) is 28.7. The molecule has 4 heteroatoms. The molecule has 0 radical (unpaired) electrons. The lowest BCUT2D eigenvalue weighted by Gasteiger charge is -2.35. The summed E-state index contributed by atoms with van der Waals surface area (Å²) in [6, 6.07) is 0. The van der Waals surface area contributed by atoms with Crippen molar-refractivity contribution in [2.75, 3.05) is 26.2 Å². The maximum atomic E-state index is 12.0. The van der Waals surface area contributed by atoms with Gasteiger partial charge in [0.15, 0.2) is 0 Å². The van der Waals surface area contributed by atoms with Crippen LogP contribution in [0.5, 0.6) is 0 Å². The van der Waals surface area contributed by atoms with Crippen molar-refractivity contribution in [2.45, 2.75) is 33.1 Å². The van der Waals surface area contributed by atoms with Gasteiger partial charge in [0.25, 0.3) is 0 Å². The summed E-state index contributed by atoms with van der Waals surface area (Å²) in [6.07, 6.45) is 3.96. The van der Waals surface area contributed by atoms with Crippen molar-refractivity contribution < 1.29 is 4.79 Å². The molecule has 1 saturated heterocycles. The quantitative estimate of drug-likeness (QED) is 0.838. The van der Waals surface area contributed by atoms with Crippen LogP contribution in [-0.2, 0) is 4.79 Å². The van der Waals surface area contributed by atoms with Gasteiger partial charge in [0, 0.05) is 13.1 Å². The smallest absolute Gasteiger partial charge is 0.236 e. The zero-order valence-corrected chi connectivity index (χ0v) is 11.8. The van der Waals surface area contributed by atoms with Gasteiger partial charge in [0.2, 0.25) is 5.91 Å². The number of carbonyl (C=O) groups excluding carboxylic acids is 1. The predicted molar refractivity (Wildman–Crippen MR) is 72.4 cm³/mol. The number of piperidine rings is 1. The van der Waals surface area contributed by atoms with Gasteiger partial charge in [-0.15, -0.1) is 12.4 Å². The molecule has 100 valence electrons. The van der Waals surface area contributed by atoms with Gasteiger partial charge in [0.05, 0.1) is 6.54 Å². The molecule has 0 spiro atoms. The molecule has 2 atom stereocenters. The van der Waals surface area contributed by atoms with Crippen LogP contribution in [-0.4, -0.2) is 37.0 Å². The number of likely N-dealkylation sites (tertiary alicyclic amines) is 1. The number of hydrogen-bond acceptors (Lipinski definition) is 2. The summed E-state index contributed by atoms with van der Waals surface area (Å²) in [5.74, 6) is 2.47. The lowest BCUT2D eigenvalue weighted by atomic mass is 9.92. The van der Waals surface area contributed by atoms with Gasteiger partial charge in [-0.1, -0.05) is 13.8 Å². The zero-order valence-electron chi connectivity index (χ0n) is 10.9. The average Bonchev–Trinajstić information content (AvgIpc) is 3.00. The van der Waals surface area contributed by atoms with Crippen LogP contribution in [0.15, 0.2) is 0 Å². The number of amides is 1. The Morgan fingerprint density at radius 3 is 2.35 bits per heavy atom. The van der Waals surface area contributed by atoms with Gasteiger partial charge in [0.1, 0.15) is 0 Å². The molecule has 0 bridgehead atoms. The molecule has 1 aliphatic heterocycles.